The highest BCUT2D eigenvalue weighted by Crippen LogP contribution is 2.26. The second-order valence-electron chi connectivity index (χ2n) is 4.12. The van der Waals surface area contributed by atoms with Gasteiger partial charge in [0.25, 0.3) is 5.91 Å². The van der Waals surface area contributed by atoms with Gasteiger partial charge in [-0.3, -0.25) is 4.79 Å². The van der Waals surface area contributed by atoms with Gasteiger partial charge in [-0.05, 0) is 40.2 Å². The number of benzene rings is 1. The van der Waals surface area contributed by atoms with Gasteiger partial charge in [0.2, 0.25) is 0 Å². The third kappa shape index (κ3) is 4.66. The van der Waals surface area contributed by atoms with Crippen molar-refractivity contribution in [1.29, 1.82) is 0 Å². The molecule has 0 saturated carbocycles. The van der Waals surface area contributed by atoms with Crippen LogP contribution in [0.4, 0.5) is 0 Å². The largest absolute Gasteiger partial charge is 0.483 e. The van der Waals surface area contributed by atoms with Crippen LogP contribution in [-0.2, 0) is 11.3 Å². The van der Waals surface area contributed by atoms with Gasteiger partial charge >= 0.3 is 0 Å². The number of amides is 1. The molecule has 0 aliphatic heterocycles. The SMILES string of the molecule is CCNCc1ccc(OCC(=O)N(C)C)c(Br)c1. The Labute approximate surface area is 116 Å². The molecule has 0 aliphatic rings. The Morgan fingerprint density at radius 3 is 2.72 bits per heavy atom. The highest BCUT2D eigenvalue weighted by molar-refractivity contribution is 9.10. The van der Waals surface area contributed by atoms with Crippen LogP contribution in [0.2, 0.25) is 0 Å². The molecule has 0 bridgehead atoms. The summed E-state index contributed by atoms with van der Waals surface area (Å²) in [5, 5.41) is 3.25. The van der Waals surface area contributed by atoms with Crippen LogP contribution < -0.4 is 10.1 Å². The van der Waals surface area contributed by atoms with E-state index >= 15 is 0 Å². The number of halogens is 1. The molecule has 1 N–H and O–H groups in total. The first kappa shape index (κ1) is 15.0. The summed E-state index contributed by atoms with van der Waals surface area (Å²) >= 11 is 3.45. The number of carbonyl (C=O) groups is 1. The summed E-state index contributed by atoms with van der Waals surface area (Å²) in [6.07, 6.45) is 0. The molecule has 1 aromatic rings. The number of nitrogens with one attached hydrogen (secondary N) is 1. The molecule has 0 spiro atoms. The van der Waals surface area contributed by atoms with Crippen molar-refractivity contribution in [1.82, 2.24) is 10.2 Å². The number of hydrogen-bond donors (Lipinski definition) is 1. The predicted molar refractivity (Wildman–Crippen MR) is 75.7 cm³/mol. The molecule has 1 rings (SSSR count). The van der Waals surface area contributed by atoms with Crippen LogP contribution >= 0.6 is 15.9 Å². The van der Waals surface area contributed by atoms with Crippen LogP contribution in [0.3, 0.4) is 0 Å². The van der Waals surface area contributed by atoms with Crippen molar-refractivity contribution in [3.05, 3.63) is 28.2 Å². The lowest BCUT2D eigenvalue weighted by Gasteiger charge is -2.13. The molecule has 1 aromatic carbocycles. The molecule has 5 heteroatoms. The summed E-state index contributed by atoms with van der Waals surface area (Å²) in [7, 11) is 3.42. The molecule has 0 atom stereocenters. The Balaban J connectivity index is 2.59. The molecule has 0 aliphatic carbocycles. The van der Waals surface area contributed by atoms with Gasteiger partial charge in [-0.2, -0.15) is 0 Å². The number of carbonyl (C=O) groups excluding carboxylic acids is 1. The zero-order valence-corrected chi connectivity index (χ0v) is 12.6. The van der Waals surface area contributed by atoms with E-state index in [0.29, 0.717) is 5.75 Å². The average Bonchev–Trinajstić information content (AvgIpc) is 2.34. The van der Waals surface area contributed by atoms with Gasteiger partial charge in [-0.1, -0.05) is 13.0 Å². The molecule has 18 heavy (non-hydrogen) atoms. The van der Waals surface area contributed by atoms with E-state index in [9.17, 15) is 4.79 Å². The molecular formula is C13H19BrN2O2. The first-order chi connectivity index (χ1) is 8.54. The lowest BCUT2D eigenvalue weighted by Crippen LogP contribution is -2.27. The zero-order valence-electron chi connectivity index (χ0n) is 11.0. The number of rotatable bonds is 6. The summed E-state index contributed by atoms with van der Waals surface area (Å²) < 4.78 is 6.33. The van der Waals surface area contributed by atoms with Crippen molar-refractivity contribution in [2.24, 2.45) is 0 Å². The van der Waals surface area contributed by atoms with Crippen molar-refractivity contribution in [2.45, 2.75) is 13.5 Å². The third-order valence-electron chi connectivity index (χ3n) is 2.43. The molecular weight excluding hydrogens is 296 g/mol. The van der Waals surface area contributed by atoms with E-state index in [4.69, 9.17) is 4.74 Å². The van der Waals surface area contributed by atoms with E-state index in [0.717, 1.165) is 17.6 Å². The Morgan fingerprint density at radius 1 is 1.44 bits per heavy atom. The van der Waals surface area contributed by atoms with Crippen LogP contribution in [0, 0.1) is 0 Å². The van der Waals surface area contributed by atoms with Gasteiger partial charge in [0, 0.05) is 20.6 Å². The van der Waals surface area contributed by atoms with E-state index in [1.807, 2.05) is 18.2 Å². The molecule has 0 aromatic heterocycles. The topological polar surface area (TPSA) is 41.6 Å². The van der Waals surface area contributed by atoms with E-state index in [-0.39, 0.29) is 12.5 Å². The maximum Gasteiger partial charge on any atom is 0.259 e. The normalized spacial score (nSPS) is 10.2. The fraction of sp³-hybridized carbons (Fsp3) is 0.462. The second kappa shape index (κ2) is 7.38. The van der Waals surface area contributed by atoms with Gasteiger partial charge in [0.15, 0.2) is 6.61 Å². The Bertz CT molecular complexity index is 408. The molecule has 4 nitrogen and oxygen atoms in total. The second-order valence-corrected chi connectivity index (χ2v) is 4.98. The summed E-state index contributed by atoms with van der Waals surface area (Å²) in [4.78, 5) is 12.9. The van der Waals surface area contributed by atoms with Gasteiger partial charge < -0.3 is 15.0 Å². The van der Waals surface area contributed by atoms with E-state index in [2.05, 4.69) is 28.2 Å². The Kier molecular flexibility index (Phi) is 6.15. The third-order valence-corrected chi connectivity index (χ3v) is 3.05. The van der Waals surface area contributed by atoms with Gasteiger partial charge in [0.1, 0.15) is 5.75 Å². The van der Waals surface area contributed by atoms with Crippen LogP contribution in [-0.4, -0.2) is 38.1 Å². The van der Waals surface area contributed by atoms with Crippen molar-refractivity contribution < 1.29 is 9.53 Å². The summed E-state index contributed by atoms with van der Waals surface area (Å²) in [6.45, 7) is 3.89. The van der Waals surface area contributed by atoms with Crippen molar-refractivity contribution >= 4 is 21.8 Å². The number of likely N-dealkylation sites (N-methyl/N-ethyl adjacent to an activating group) is 1. The maximum atomic E-state index is 11.4. The minimum absolute atomic E-state index is 0.0537. The quantitative estimate of drug-likeness (QED) is 0.873. The van der Waals surface area contributed by atoms with E-state index in [1.165, 1.54) is 10.5 Å². The molecule has 0 unspecified atom stereocenters. The zero-order chi connectivity index (χ0) is 13.5. The minimum atomic E-state index is -0.0568. The molecule has 0 fully saturated rings. The van der Waals surface area contributed by atoms with Gasteiger partial charge in [-0.25, -0.2) is 0 Å². The first-order valence-electron chi connectivity index (χ1n) is 5.86. The fourth-order valence-corrected chi connectivity index (χ4v) is 1.85. The highest BCUT2D eigenvalue weighted by Gasteiger charge is 2.07. The molecule has 1 amide bonds. The monoisotopic (exact) mass is 314 g/mol. The number of hydrogen-bond acceptors (Lipinski definition) is 3. The van der Waals surface area contributed by atoms with E-state index in [1.54, 1.807) is 14.1 Å². The Hall–Kier alpha value is -1.07. The number of ether oxygens (including phenoxy) is 1. The van der Waals surface area contributed by atoms with Gasteiger partial charge in [0.05, 0.1) is 4.47 Å². The van der Waals surface area contributed by atoms with Gasteiger partial charge in [-0.15, -0.1) is 0 Å². The standard InChI is InChI=1S/C13H19BrN2O2/c1-4-15-8-10-5-6-12(11(14)7-10)18-9-13(17)16(2)3/h5-7,15H,4,8-9H2,1-3H3. The van der Waals surface area contributed by atoms with Crippen LogP contribution in [0.25, 0.3) is 0 Å². The van der Waals surface area contributed by atoms with Crippen molar-refractivity contribution in [3.8, 4) is 5.75 Å². The maximum absolute atomic E-state index is 11.4. The first-order valence-corrected chi connectivity index (χ1v) is 6.66. The minimum Gasteiger partial charge on any atom is -0.483 e. The van der Waals surface area contributed by atoms with Crippen molar-refractivity contribution in [2.75, 3.05) is 27.2 Å². The Morgan fingerprint density at radius 2 is 2.17 bits per heavy atom. The lowest BCUT2D eigenvalue weighted by molar-refractivity contribution is -0.130. The smallest absolute Gasteiger partial charge is 0.259 e. The molecule has 100 valence electrons. The van der Waals surface area contributed by atoms with Crippen LogP contribution in [0.1, 0.15) is 12.5 Å². The van der Waals surface area contributed by atoms with Crippen LogP contribution in [0.15, 0.2) is 22.7 Å². The predicted octanol–water partition coefficient (Wildman–Crippen LogP) is 2.03. The molecule has 0 radical (unpaired) electrons. The number of nitrogens with zero attached hydrogens (tertiary/aromatic N) is 1. The van der Waals surface area contributed by atoms with E-state index < -0.39 is 0 Å². The summed E-state index contributed by atoms with van der Waals surface area (Å²) in [6, 6.07) is 5.86. The molecule has 0 heterocycles. The average molecular weight is 315 g/mol. The summed E-state index contributed by atoms with van der Waals surface area (Å²) in [5.41, 5.74) is 1.18. The highest BCUT2D eigenvalue weighted by atomic mass is 79.9. The molecule has 0 saturated heterocycles. The van der Waals surface area contributed by atoms with Crippen LogP contribution in [0.5, 0.6) is 5.75 Å². The lowest BCUT2D eigenvalue weighted by atomic mass is 10.2. The van der Waals surface area contributed by atoms with Crippen molar-refractivity contribution in [3.63, 3.8) is 0 Å². The fourth-order valence-electron chi connectivity index (χ4n) is 1.31. The summed E-state index contributed by atoms with van der Waals surface area (Å²) in [5.74, 6) is 0.629.